The quantitative estimate of drug-likeness (QED) is 0.0974. The van der Waals surface area contributed by atoms with E-state index in [4.69, 9.17) is 9.47 Å². The molecule has 3 rings (SSSR count). The minimum absolute atomic E-state index is 0.140. The van der Waals surface area contributed by atoms with E-state index in [1.165, 1.54) is 31.5 Å². The number of ether oxygens (including phenoxy) is 2. The highest BCUT2D eigenvalue weighted by Gasteiger charge is 2.14. The van der Waals surface area contributed by atoms with Crippen molar-refractivity contribution in [2.45, 2.75) is 51.9 Å². The van der Waals surface area contributed by atoms with E-state index >= 15 is 0 Å². The Bertz CT molecular complexity index is 1190. The predicted molar refractivity (Wildman–Crippen MR) is 143 cm³/mol. The summed E-state index contributed by atoms with van der Waals surface area (Å²) >= 11 is 0. The van der Waals surface area contributed by atoms with E-state index in [2.05, 4.69) is 17.5 Å². The molecule has 0 spiro atoms. The second kappa shape index (κ2) is 15.0. The summed E-state index contributed by atoms with van der Waals surface area (Å²) in [6.45, 7) is 2.17. The largest absolute Gasteiger partial charge is 0.423 e. The van der Waals surface area contributed by atoms with Crippen molar-refractivity contribution in [3.8, 4) is 11.5 Å². The number of hydrogen-bond donors (Lipinski definition) is 1. The van der Waals surface area contributed by atoms with Crippen molar-refractivity contribution in [2.24, 2.45) is 5.10 Å². The monoisotopic (exact) mass is 500 g/mol. The van der Waals surface area contributed by atoms with Crippen LogP contribution in [0.3, 0.4) is 0 Å². The van der Waals surface area contributed by atoms with Crippen LogP contribution in [0.2, 0.25) is 0 Å². The van der Waals surface area contributed by atoms with Crippen molar-refractivity contribution in [2.75, 3.05) is 0 Å². The minimum atomic E-state index is -0.575. The first-order valence-electron chi connectivity index (χ1n) is 12.6. The molecule has 0 aliphatic rings. The van der Waals surface area contributed by atoms with Crippen LogP contribution in [-0.2, 0) is 4.79 Å². The number of esters is 2. The van der Waals surface area contributed by atoms with Crippen molar-refractivity contribution in [1.82, 2.24) is 5.43 Å². The smallest absolute Gasteiger partial charge is 0.343 e. The summed E-state index contributed by atoms with van der Waals surface area (Å²) in [5.74, 6) is -0.948. The van der Waals surface area contributed by atoms with E-state index < -0.39 is 11.9 Å². The lowest BCUT2D eigenvalue weighted by Gasteiger charge is -2.10. The number of nitrogens with one attached hydrogen (secondary N) is 1. The summed E-state index contributed by atoms with van der Waals surface area (Å²) in [5, 5.41) is 4.03. The van der Waals surface area contributed by atoms with Crippen LogP contribution >= 0.6 is 0 Å². The molecule has 0 fully saturated rings. The van der Waals surface area contributed by atoms with Crippen molar-refractivity contribution in [1.29, 1.82) is 0 Å². The third kappa shape index (κ3) is 9.37. The van der Waals surface area contributed by atoms with Gasteiger partial charge in [-0.1, -0.05) is 75.4 Å². The molecule has 0 aliphatic carbocycles. The lowest BCUT2D eigenvalue weighted by Crippen LogP contribution is -2.17. The Kier molecular flexibility index (Phi) is 11.1. The molecule has 0 saturated carbocycles. The normalized spacial score (nSPS) is 10.7. The van der Waals surface area contributed by atoms with Crippen molar-refractivity contribution >= 4 is 24.1 Å². The molecular formula is C30H32N2O5. The molecule has 3 aromatic rings. The Morgan fingerprint density at radius 2 is 1.35 bits per heavy atom. The van der Waals surface area contributed by atoms with Gasteiger partial charge in [-0.05, 0) is 42.8 Å². The van der Waals surface area contributed by atoms with Crippen molar-refractivity contribution in [3.63, 3.8) is 0 Å². The molecule has 0 saturated heterocycles. The Balaban J connectivity index is 1.67. The van der Waals surface area contributed by atoms with Crippen LogP contribution in [0.15, 0.2) is 84.0 Å². The van der Waals surface area contributed by atoms with Crippen LogP contribution in [0, 0.1) is 0 Å². The number of unbranched alkanes of at least 4 members (excludes halogenated alkanes) is 5. The zero-order valence-electron chi connectivity index (χ0n) is 21.0. The van der Waals surface area contributed by atoms with E-state index in [1.54, 1.807) is 72.8 Å². The molecule has 3 aromatic carbocycles. The lowest BCUT2D eigenvalue weighted by atomic mass is 10.1. The SMILES string of the molecule is CCCCCCCCC(=O)N/N=C\c1ccc(OC(=O)c2ccccc2)cc1OC(=O)c1ccccc1. The number of benzene rings is 3. The van der Waals surface area contributed by atoms with Gasteiger partial charge < -0.3 is 9.47 Å². The van der Waals surface area contributed by atoms with E-state index in [9.17, 15) is 14.4 Å². The molecule has 1 N–H and O–H groups in total. The molecule has 0 heterocycles. The average molecular weight is 501 g/mol. The Labute approximate surface area is 217 Å². The standard InChI is InChI=1S/C30H32N2O5/c1-2-3-4-5-6-13-18-28(33)32-31-22-25-19-20-26(36-29(34)23-14-9-7-10-15-23)21-27(25)37-30(35)24-16-11-8-12-17-24/h7-12,14-17,19-22H,2-6,13,18H2,1H3,(H,32,33)/b31-22-. The zero-order chi connectivity index (χ0) is 26.3. The third-order valence-electron chi connectivity index (χ3n) is 5.57. The third-order valence-corrected chi connectivity index (χ3v) is 5.57. The van der Waals surface area contributed by atoms with Gasteiger partial charge in [0.25, 0.3) is 0 Å². The van der Waals surface area contributed by atoms with Crippen LogP contribution in [0.25, 0.3) is 0 Å². The van der Waals surface area contributed by atoms with Crippen molar-refractivity contribution < 1.29 is 23.9 Å². The first-order valence-corrected chi connectivity index (χ1v) is 12.6. The van der Waals surface area contributed by atoms with Crippen LogP contribution < -0.4 is 14.9 Å². The number of hydrazone groups is 1. The first kappa shape index (κ1) is 27.3. The van der Waals surface area contributed by atoms with Crippen molar-refractivity contribution in [3.05, 3.63) is 95.6 Å². The fraction of sp³-hybridized carbons (Fsp3) is 0.267. The van der Waals surface area contributed by atoms with Crippen LogP contribution in [-0.4, -0.2) is 24.1 Å². The number of nitrogens with zero attached hydrogens (tertiary/aromatic N) is 1. The second-order valence-corrected chi connectivity index (χ2v) is 8.52. The molecule has 0 aromatic heterocycles. The van der Waals surface area contributed by atoms with Crippen LogP contribution in [0.1, 0.15) is 78.1 Å². The highest BCUT2D eigenvalue weighted by atomic mass is 16.5. The maximum absolute atomic E-state index is 12.7. The van der Waals surface area contributed by atoms with Gasteiger partial charge in [-0.15, -0.1) is 0 Å². The number of carbonyl (C=O) groups excluding carboxylic acids is 3. The summed E-state index contributed by atoms with van der Waals surface area (Å²) in [4.78, 5) is 37.2. The van der Waals surface area contributed by atoms with Gasteiger partial charge in [0.1, 0.15) is 11.5 Å². The van der Waals surface area contributed by atoms with E-state index in [-0.39, 0.29) is 17.4 Å². The first-order chi connectivity index (χ1) is 18.1. The second-order valence-electron chi connectivity index (χ2n) is 8.52. The summed E-state index contributed by atoms with van der Waals surface area (Å²) in [6, 6.07) is 21.7. The van der Waals surface area contributed by atoms with Gasteiger partial charge in [0.2, 0.25) is 5.91 Å². The molecule has 0 radical (unpaired) electrons. The highest BCUT2D eigenvalue weighted by molar-refractivity contribution is 5.94. The lowest BCUT2D eigenvalue weighted by molar-refractivity contribution is -0.121. The number of hydrogen-bond acceptors (Lipinski definition) is 6. The Morgan fingerprint density at radius 1 is 0.757 bits per heavy atom. The number of amides is 1. The molecular weight excluding hydrogens is 468 g/mol. The predicted octanol–water partition coefficient (Wildman–Crippen LogP) is 6.33. The molecule has 0 atom stereocenters. The Hall–Kier alpha value is -4.26. The van der Waals surface area contributed by atoms with E-state index in [1.807, 2.05) is 0 Å². The average Bonchev–Trinajstić information content (AvgIpc) is 2.92. The Morgan fingerprint density at radius 3 is 2.00 bits per heavy atom. The van der Waals surface area contributed by atoms with Gasteiger partial charge >= 0.3 is 11.9 Å². The van der Waals surface area contributed by atoms with Gasteiger partial charge in [0.15, 0.2) is 0 Å². The van der Waals surface area contributed by atoms with Gasteiger partial charge in [0.05, 0.1) is 17.3 Å². The molecule has 1 amide bonds. The maximum atomic E-state index is 12.7. The fourth-order valence-corrected chi connectivity index (χ4v) is 3.54. The molecule has 0 aliphatic heterocycles. The van der Waals surface area contributed by atoms with Gasteiger partial charge in [-0.25, -0.2) is 15.0 Å². The molecule has 37 heavy (non-hydrogen) atoms. The molecule has 0 bridgehead atoms. The summed E-state index contributed by atoms with van der Waals surface area (Å²) in [6.07, 6.45) is 8.35. The van der Waals surface area contributed by atoms with Gasteiger partial charge in [-0.3, -0.25) is 4.79 Å². The molecule has 7 heteroatoms. The van der Waals surface area contributed by atoms with Gasteiger partial charge in [0, 0.05) is 18.1 Å². The fourth-order valence-electron chi connectivity index (χ4n) is 3.54. The summed E-state index contributed by atoms with van der Waals surface area (Å²) < 4.78 is 11.1. The summed E-state index contributed by atoms with van der Waals surface area (Å²) in [7, 11) is 0. The molecule has 0 unspecified atom stereocenters. The number of carbonyl (C=O) groups is 3. The number of rotatable bonds is 13. The summed E-state index contributed by atoms with van der Waals surface area (Å²) in [5.41, 5.74) is 3.71. The van der Waals surface area contributed by atoms with Crippen LogP contribution in [0.5, 0.6) is 11.5 Å². The van der Waals surface area contributed by atoms with Crippen LogP contribution in [0.4, 0.5) is 0 Å². The van der Waals surface area contributed by atoms with E-state index in [0.29, 0.717) is 23.1 Å². The topological polar surface area (TPSA) is 94.1 Å². The zero-order valence-corrected chi connectivity index (χ0v) is 21.0. The maximum Gasteiger partial charge on any atom is 0.343 e. The molecule has 7 nitrogen and oxygen atoms in total. The highest BCUT2D eigenvalue weighted by Crippen LogP contribution is 2.26. The van der Waals surface area contributed by atoms with E-state index in [0.717, 1.165) is 19.3 Å². The molecule has 192 valence electrons. The van der Waals surface area contributed by atoms with Gasteiger partial charge in [-0.2, -0.15) is 5.10 Å². The minimum Gasteiger partial charge on any atom is -0.423 e.